The van der Waals surface area contributed by atoms with Crippen LogP contribution in [-0.4, -0.2) is 32.2 Å². The first-order valence-electron chi connectivity index (χ1n) is 9.47. The lowest BCUT2D eigenvalue weighted by molar-refractivity contribution is 0.258. The van der Waals surface area contributed by atoms with E-state index in [1.807, 2.05) is 28.9 Å². The molecule has 4 rings (SSSR count). The van der Waals surface area contributed by atoms with E-state index in [1.165, 1.54) is 5.56 Å². The Labute approximate surface area is 179 Å². The highest BCUT2D eigenvalue weighted by Crippen LogP contribution is 2.29. The second-order valence-corrected chi connectivity index (χ2v) is 8.01. The van der Waals surface area contributed by atoms with Crippen LogP contribution in [0.15, 0.2) is 83.3 Å². The molecular formula is C23H22BrN5. The van der Waals surface area contributed by atoms with Crippen LogP contribution < -0.4 is 0 Å². The molecule has 29 heavy (non-hydrogen) atoms. The molecule has 0 fully saturated rings. The first-order chi connectivity index (χ1) is 14.1. The van der Waals surface area contributed by atoms with Crippen LogP contribution in [0, 0.1) is 6.92 Å². The van der Waals surface area contributed by atoms with Gasteiger partial charge in [-0.15, -0.1) is 5.10 Å². The number of nitrogens with zero attached hydrogens (tertiary/aromatic N) is 5. The van der Waals surface area contributed by atoms with Gasteiger partial charge in [-0.3, -0.25) is 4.90 Å². The molecule has 1 atom stereocenters. The van der Waals surface area contributed by atoms with Crippen LogP contribution in [0.5, 0.6) is 0 Å². The molecule has 0 unspecified atom stereocenters. The third kappa shape index (κ3) is 4.28. The molecule has 0 N–H and O–H groups in total. The highest BCUT2D eigenvalue weighted by molar-refractivity contribution is 9.10. The molecular weight excluding hydrogens is 426 g/mol. The lowest BCUT2D eigenvalue weighted by Gasteiger charge is -2.28. The van der Waals surface area contributed by atoms with E-state index in [1.54, 1.807) is 0 Å². The minimum Gasteiger partial charge on any atom is -0.288 e. The van der Waals surface area contributed by atoms with E-state index >= 15 is 0 Å². The molecule has 0 saturated carbocycles. The topological polar surface area (TPSA) is 46.8 Å². The number of tetrazole rings is 1. The number of aryl methyl sites for hydroxylation is 1. The molecule has 4 aromatic rings. The Morgan fingerprint density at radius 3 is 2.34 bits per heavy atom. The summed E-state index contributed by atoms with van der Waals surface area (Å²) < 4.78 is 2.93. The Morgan fingerprint density at radius 1 is 0.931 bits per heavy atom. The number of aromatic nitrogens is 4. The molecule has 0 amide bonds. The summed E-state index contributed by atoms with van der Waals surface area (Å²) in [5.74, 6) is 0.796. The monoisotopic (exact) mass is 447 g/mol. The fraction of sp³-hybridized carbons (Fsp3) is 0.174. The quantitative estimate of drug-likeness (QED) is 0.419. The standard InChI is InChI=1S/C23H22BrN5/c1-17-8-6-7-11-21(17)29-23(25-26-27-29)22(19-9-4-3-5-10-19)28(2)16-18-12-14-20(24)15-13-18/h3-15,22H,16H2,1-2H3/t22-/m1/s1. The zero-order chi connectivity index (χ0) is 20.2. The average molecular weight is 448 g/mol. The fourth-order valence-electron chi connectivity index (χ4n) is 3.54. The maximum Gasteiger partial charge on any atom is 0.178 e. The van der Waals surface area contributed by atoms with Gasteiger partial charge in [0, 0.05) is 11.0 Å². The third-order valence-electron chi connectivity index (χ3n) is 4.98. The van der Waals surface area contributed by atoms with Crippen molar-refractivity contribution in [1.82, 2.24) is 25.1 Å². The molecule has 0 spiro atoms. The summed E-state index contributed by atoms with van der Waals surface area (Å²) in [6, 6.07) is 26.9. The van der Waals surface area contributed by atoms with E-state index in [2.05, 4.69) is 105 Å². The van der Waals surface area contributed by atoms with Crippen LogP contribution in [-0.2, 0) is 6.54 Å². The predicted molar refractivity (Wildman–Crippen MR) is 118 cm³/mol. The van der Waals surface area contributed by atoms with E-state index in [4.69, 9.17) is 0 Å². The van der Waals surface area contributed by atoms with Crippen LogP contribution in [0.1, 0.15) is 28.6 Å². The summed E-state index contributed by atoms with van der Waals surface area (Å²) in [4.78, 5) is 2.28. The largest absolute Gasteiger partial charge is 0.288 e. The lowest BCUT2D eigenvalue weighted by atomic mass is 10.0. The summed E-state index contributed by atoms with van der Waals surface area (Å²) >= 11 is 3.51. The van der Waals surface area contributed by atoms with Crippen LogP contribution in [0.3, 0.4) is 0 Å². The molecule has 1 heterocycles. The van der Waals surface area contributed by atoms with Gasteiger partial charge in [-0.05, 0) is 59.3 Å². The van der Waals surface area contributed by atoms with Gasteiger partial charge in [0.1, 0.15) is 0 Å². The van der Waals surface area contributed by atoms with Crippen molar-refractivity contribution in [2.75, 3.05) is 7.05 Å². The first-order valence-corrected chi connectivity index (χ1v) is 10.3. The summed E-state index contributed by atoms with van der Waals surface area (Å²) in [5.41, 5.74) is 4.50. The Bertz CT molecular complexity index is 1080. The Morgan fingerprint density at radius 2 is 1.62 bits per heavy atom. The number of para-hydroxylation sites is 1. The highest BCUT2D eigenvalue weighted by atomic mass is 79.9. The minimum atomic E-state index is -0.0885. The van der Waals surface area contributed by atoms with Crippen LogP contribution >= 0.6 is 15.9 Å². The van der Waals surface area contributed by atoms with Crippen LogP contribution in [0.25, 0.3) is 5.69 Å². The Hall–Kier alpha value is -2.83. The van der Waals surface area contributed by atoms with Crippen LogP contribution in [0.4, 0.5) is 0 Å². The molecule has 0 aliphatic heterocycles. The number of rotatable bonds is 6. The molecule has 3 aromatic carbocycles. The summed E-state index contributed by atoms with van der Waals surface area (Å²) in [5, 5.41) is 12.8. The van der Waals surface area contributed by atoms with Gasteiger partial charge in [0.15, 0.2) is 5.82 Å². The van der Waals surface area contributed by atoms with Crippen molar-refractivity contribution in [3.63, 3.8) is 0 Å². The molecule has 5 nitrogen and oxygen atoms in total. The van der Waals surface area contributed by atoms with Gasteiger partial charge in [0.25, 0.3) is 0 Å². The van der Waals surface area contributed by atoms with Gasteiger partial charge in [-0.1, -0.05) is 76.6 Å². The van der Waals surface area contributed by atoms with Crippen molar-refractivity contribution in [3.05, 3.63) is 106 Å². The van der Waals surface area contributed by atoms with Crippen molar-refractivity contribution in [2.24, 2.45) is 0 Å². The van der Waals surface area contributed by atoms with Gasteiger partial charge < -0.3 is 0 Å². The van der Waals surface area contributed by atoms with E-state index in [0.29, 0.717) is 0 Å². The number of hydrogen-bond acceptors (Lipinski definition) is 4. The lowest BCUT2D eigenvalue weighted by Crippen LogP contribution is -2.28. The zero-order valence-corrected chi connectivity index (χ0v) is 18.0. The van der Waals surface area contributed by atoms with Gasteiger partial charge >= 0.3 is 0 Å². The fourth-order valence-corrected chi connectivity index (χ4v) is 3.81. The second-order valence-electron chi connectivity index (χ2n) is 7.09. The van der Waals surface area contributed by atoms with Crippen molar-refractivity contribution >= 4 is 15.9 Å². The predicted octanol–water partition coefficient (Wildman–Crippen LogP) is 4.95. The Kier molecular flexibility index (Phi) is 5.83. The van der Waals surface area contributed by atoms with Crippen molar-refractivity contribution < 1.29 is 0 Å². The van der Waals surface area contributed by atoms with Crippen LogP contribution in [0.2, 0.25) is 0 Å². The maximum absolute atomic E-state index is 4.44. The second kappa shape index (κ2) is 8.68. The Balaban J connectivity index is 1.76. The van der Waals surface area contributed by atoms with E-state index in [-0.39, 0.29) is 6.04 Å². The van der Waals surface area contributed by atoms with Gasteiger partial charge in [-0.25, -0.2) is 0 Å². The molecule has 146 valence electrons. The van der Waals surface area contributed by atoms with E-state index in [9.17, 15) is 0 Å². The molecule has 6 heteroatoms. The number of halogens is 1. The van der Waals surface area contributed by atoms with E-state index in [0.717, 1.165) is 33.7 Å². The van der Waals surface area contributed by atoms with Crippen molar-refractivity contribution in [3.8, 4) is 5.69 Å². The smallest absolute Gasteiger partial charge is 0.178 e. The summed E-state index contributed by atoms with van der Waals surface area (Å²) in [6.07, 6.45) is 0. The molecule has 0 saturated heterocycles. The first kappa shape index (κ1) is 19.5. The molecule has 0 bridgehead atoms. The molecule has 1 aromatic heterocycles. The maximum atomic E-state index is 4.44. The van der Waals surface area contributed by atoms with Gasteiger partial charge in [0.2, 0.25) is 0 Å². The highest BCUT2D eigenvalue weighted by Gasteiger charge is 2.26. The van der Waals surface area contributed by atoms with E-state index < -0.39 is 0 Å². The minimum absolute atomic E-state index is 0.0885. The summed E-state index contributed by atoms with van der Waals surface area (Å²) in [6.45, 7) is 2.84. The third-order valence-corrected chi connectivity index (χ3v) is 5.51. The molecule has 0 aliphatic rings. The van der Waals surface area contributed by atoms with Crippen molar-refractivity contribution in [2.45, 2.75) is 19.5 Å². The molecule has 0 radical (unpaired) electrons. The van der Waals surface area contributed by atoms with Gasteiger partial charge in [0.05, 0.1) is 11.7 Å². The SMILES string of the molecule is Cc1ccccc1-n1nnnc1[C@@H](c1ccccc1)N(C)Cc1ccc(Br)cc1. The average Bonchev–Trinajstić information content (AvgIpc) is 3.20. The van der Waals surface area contributed by atoms with Crippen molar-refractivity contribution in [1.29, 1.82) is 0 Å². The zero-order valence-electron chi connectivity index (χ0n) is 16.4. The normalized spacial score (nSPS) is 12.3. The summed E-state index contributed by atoms with van der Waals surface area (Å²) in [7, 11) is 2.11. The molecule has 0 aliphatic carbocycles. The van der Waals surface area contributed by atoms with Gasteiger partial charge in [-0.2, -0.15) is 4.68 Å². The number of hydrogen-bond donors (Lipinski definition) is 0. The number of benzene rings is 3.